The van der Waals surface area contributed by atoms with Crippen LogP contribution in [0.1, 0.15) is 56.1 Å². The normalized spacial score (nSPS) is 21.6. The maximum atomic E-state index is 13.5. The standard InChI is InChI=1S/C35H45N3O4S/c1-3-21-38(35(39)42-27-28-13-7-4-8-14-28)31-19-22-37(23-20-31)26-30-24-32(25-34(30)29-15-9-5-10-16-29)36(2)43(40,41)33-17-11-6-12-18-33/h4-18,30-32,34H,3,19-27H2,1-2H3/t30-,32?,34-/m1/s1. The molecule has 1 aliphatic heterocycles. The molecule has 2 fully saturated rings. The lowest BCUT2D eigenvalue weighted by Gasteiger charge is -2.39. The van der Waals surface area contributed by atoms with Crippen LogP contribution in [0.3, 0.4) is 0 Å². The van der Waals surface area contributed by atoms with Gasteiger partial charge in [0.25, 0.3) is 0 Å². The predicted molar refractivity (Wildman–Crippen MR) is 170 cm³/mol. The van der Waals surface area contributed by atoms with Gasteiger partial charge >= 0.3 is 6.09 Å². The lowest BCUT2D eigenvalue weighted by molar-refractivity contribution is 0.0577. The summed E-state index contributed by atoms with van der Waals surface area (Å²) in [5.41, 5.74) is 2.28. The maximum absolute atomic E-state index is 13.5. The van der Waals surface area contributed by atoms with E-state index in [1.807, 2.05) is 47.4 Å². The minimum absolute atomic E-state index is 0.0580. The Morgan fingerprint density at radius 3 is 2.09 bits per heavy atom. The van der Waals surface area contributed by atoms with Gasteiger partial charge in [0.15, 0.2) is 0 Å². The summed E-state index contributed by atoms with van der Waals surface area (Å²) in [5, 5.41) is 0. The van der Waals surface area contributed by atoms with Gasteiger partial charge in [-0.1, -0.05) is 85.8 Å². The Labute approximate surface area is 257 Å². The second-order valence-electron chi connectivity index (χ2n) is 12.0. The van der Waals surface area contributed by atoms with E-state index in [1.54, 1.807) is 35.6 Å². The zero-order chi connectivity index (χ0) is 30.2. The first-order valence-corrected chi connectivity index (χ1v) is 17.1. The maximum Gasteiger partial charge on any atom is 0.410 e. The van der Waals surface area contributed by atoms with E-state index in [0.29, 0.717) is 23.3 Å². The van der Waals surface area contributed by atoms with Gasteiger partial charge in [-0.15, -0.1) is 0 Å². The molecule has 2 aliphatic rings. The van der Waals surface area contributed by atoms with Crippen molar-refractivity contribution in [2.24, 2.45) is 5.92 Å². The first-order chi connectivity index (χ1) is 20.9. The van der Waals surface area contributed by atoms with Crippen LogP contribution in [0.2, 0.25) is 0 Å². The molecule has 0 bridgehead atoms. The molecule has 0 spiro atoms. The summed E-state index contributed by atoms with van der Waals surface area (Å²) in [6.45, 7) is 5.84. The summed E-state index contributed by atoms with van der Waals surface area (Å²) < 4.78 is 34.2. The van der Waals surface area contributed by atoms with Gasteiger partial charge in [-0.3, -0.25) is 0 Å². The SMILES string of the molecule is CCCN(C(=O)OCc1ccccc1)C1CCN(C[C@H]2CC(N(C)S(=O)(=O)c3ccccc3)C[C@@H]2c2ccccc2)CC1. The Morgan fingerprint density at radius 2 is 1.47 bits per heavy atom. The van der Waals surface area contributed by atoms with Crippen LogP contribution < -0.4 is 0 Å². The fraction of sp³-hybridized carbons (Fsp3) is 0.457. The first-order valence-electron chi connectivity index (χ1n) is 15.6. The Kier molecular flexibility index (Phi) is 10.5. The third-order valence-electron chi connectivity index (χ3n) is 9.23. The molecule has 1 amide bonds. The van der Waals surface area contributed by atoms with Gasteiger partial charge < -0.3 is 14.5 Å². The zero-order valence-electron chi connectivity index (χ0n) is 25.4. The van der Waals surface area contributed by atoms with Crippen molar-refractivity contribution < 1.29 is 17.9 Å². The number of carbonyl (C=O) groups is 1. The van der Waals surface area contributed by atoms with Crippen molar-refractivity contribution in [2.75, 3.05) is 33.2 Å². The third-order valence-corrected chi connectivity index (χ3v) is 11.2. The summed E-state index contributed by atoms with van der Waals surface area (Å²) in [6.07, 6.45) is 4.13. The van der Waals surface area contributed by atoms with E-state index in [2.05, 4.69) is 36.1 Å². The van der Waals surface area contributed by atoms with Crippen molar-refractivity contribution in [1.29, 1.82) is 0 Å². The molecule has 1 saturated carbocycles. The lowest BCUT2D eigenvalue weighted by Crippen LogP contribution is -2.48. The van der Waals surface area contributed by atoms with Gasteiger partial charge in [-0.25, -0.2) is 13.2 Å². The molecule has 1 aliphatic carbocycles. The van der Waals surface area contributed by atoms with Gasteiger partial charge in [0, 0.05) is 45.3 Å². The molecule has 3 aromatic rings. The molecule has 1 saturated heterocycles. The van der Waals surface area contributed by atoms with Crippen LogP contribution in [-0.4, -0.2) is 73.9 Å². The van der Waals surface area contributed by atoms with Crippen molar-refractivity contribution in [2.45, 2.75) is 68.5 Å². The number of carbonyl (C=O) groups excluding carboxylic acids is 1. The number of likely N-dealkylation sites (tertiary alicyclic amines) is 1. The Bertz CT molecular complexity index is 1400. The number of amides is 1. The highest BCUT2D eigenvalue weighted by Crippen LogP contribution is 2.43. The number of ether oxygens (including phenoxy) is 1. The second-order valence-corrected chi connectivity index (χ2v) is 14.0. The zero-order valence-corrected chi connectivity index (χ0v) is 26.2. The number of rotatable bonds is 11. The number of sulfonamides is 1. The van der Waals surface area contributed by atoms with E-state index in [-0.39, 0.29) is 24.8 Å². The van der Waals surface area contributed by atoms with Crippen molar-refractivity contribution in [3.63, 3.8) is 0 Å². The molecule has 230 valence electrons. The van der Waals surface area contributed by atoms with E-state index >= 15 is 0 Å². The number of piperidine rings is 1. The predicted octanol–water partition coefficient (Wildman–Crippen LogP) is 6.38. The number of nitrogens with zero attached hydrogens (tertiary/aromatic N) is 3. The monoisotopic (exact) mass is 603 g/mol. The van der Waals surface area contributed by atoms with Crippen molar-refractivity contribution in [3.05, 3.63) is 102 Å². The quantitative estimate of drug-likeness (QED) is 0.254. The van der Waals surface area contributed by atoms with E-state index in [9.17, 15) is 13.2 Å². The van der Waals surface area contributed by atoms with E-state index in [4.69, 9.17) is 4.74 Å². The fourth-order valence-electron chi connectivity index (χ4n) is 6.87. The number of benzene rings is 3. The summed E-state index contributed by atoms with van der Waals surface area (Å²) in [7, 11) is -1.83. The molecular formula is C35H45N3O4S. The van der Waals surface area contributed by atoms with Crippen LogP contribution in [-0.2, 0) is 21.4 Å². The van der Waals surface area contributed by atoms with Crippen molar-refractivity contribution in [3.8, 4) is 0 Å². The molecular weight excluding hydrogens is 558 g/mol. The molecule has 3 atom stereocenters. The molecule has 5 rings (SSSR count). The average molecular weight is 604 g/mol. The Balaban J connectivity index is 1.22. The highest BCUT2D eigenvalue weighted by Gasteiger charge is 2.41. The first kappa shape index (κ1) is 31.2. The Morgan fingerprint density at radius 1 is 0.860 bits per heavy atom. The van der Waals surface area contributed by atoms with Crippen LogP contribution in [0.15, 0.2) is 95.9 Å². The molecule has 1 heterocycles. The van der Waals surface area contributed by atoms with Crippen LogP contribution in [0.5, 0.6) is 0 Å². The van der Waals surface area contributed by atoms with Gasteiger partial charge in [-0.2, -0.15) is 4.31 Å². The lowest BCUT2D eigenvalue weighted by atomic mass is 9.88. The Hall–Kier alpha value is -3.20. The van der Waals surface area contributed by atoms with Crippen LogP contribution in [0.25, 0.3) is 0 Å². The topological polar surface area (TPSA) is 70.2 Å². The van der Waals surface area contributed by atoms with Gasteiger partial charge in [0.1, 0.15) is 6.61 Å². The minimum Gasteiger partial charge on any atom is -0.445 e. The van der Waals surface area contributed by atoms with Crippen LogP contribution >= 0.6 is 0 Å². The van der Waals surface area contributed by atoms with Gasteiger partial charge in [0.2, 0.25) is 10.0 Å². The highest BCUT2D eigenvalue weighted by molar-refractivity contribution is 7.89. The second kappa shape index (κ2) is 14.5. The largest absolute Gasteiger partial charge is 0.445 e. The van der Waals surface area contributed by atoms with E-state index in [1.165, 1.54) is 5.56 Å². The summed E-state index contributed by atoms with van der Waals surface area (Å²) in [5.74, 6) is 0.641. The molecule has 43 heavy (non-hydrogen) atoms. The summed E-state index contributed by atoms with van der Waals surface area (Å²) in [4.78, 5) is 17.9. The van der Waals surface area contributed by atoms with Crippen molar-refractivity contribution >= 4 is 16.1 Å². The molecule has 3 aromatic carbocycles. The van der Waals surface area contributed by atoms with Crippen LogP contribution in [0.4, 0.5) is 4.79 Å². The molecule has 8 heteroatoms. The summed E-state index contributed by atoms with van der Waals surface area (Å²) >= 11 is 0. The van der Waals surface area contributed by atoms with Crippen molar-refractivity contribution in [1.82, 2.24) is 14.1 Å². The smallest absolute Gasteiger partial charge is 0.410 e. The summed E-state index contributed by atoms with van der Waals surface area (Å²) in [6, 6.07) is 29.2. The molecule has 7 nitrogen and oxygen atoms in total. The molecule has 0 N–H and O–H groups in total. The van der Waals surface area contributed by atoms with E-state index in [0.717, 1.165) is 57.3 Å². The third kappa shape index (κ3) is 7.66. The molecule has 0 radical (unpaired) electrons. The fourth-order valence-corrected chi connectivity index (χ4v) is 8.27. The molecule has 0 aromatic heterocycles. The minimum atomic E-state index is -3.57. The average Bonchev–Trinajstić information content (AvgIpc) is 3.47. The van der Waals surface area contributed by atoms with E-state index < -0.39 is 10.0 Å². The van der Waals surface area contributed by atoms with Gasteiger partial charge in [0.05, 0.1) is 4.90 Å². The van der Waals surface area contributed by atoms with Gasteiger partial charge in [-0.05, 0) is 67.2 Å². The van der Waals surface area contributed by atoms with Crippen LogP contribution in [0, 0.1) is 5.92 Å². The number of hydrogen-bond acceptors (Lipinski definition) is 5. The number of hydrogen-bond donors (Lipinski definition) is 0. The highest BCUT2D eigenvalue weighted by atomic mass is 32.2. The molecule has 1 unspecified atom stereocenters.